The summed E-state index contributed by atoms with van der Waals surface area (Å²) in [7, 11) is 1.79. The van der Waals surface area contributed by atoms with E-state index in [1.165, 1.54) is 5.56 Å². The topological polar surface area (TPSA) is 21.3 Å². The Morgan fingerprint density at radius 2 is 1.75 bits per heavy atom. The minimum Gasteiger partial charge on any atom is -0.373 e. The number of ether oxygens (including phenoxy) is 1. The van der Waals surface area contributed by atoms with Crippen molar-refractivity contribution >= 4 is 24.0 Å². The van der Waals surface area contributed by atoms with Crippen LogP contribution in [0.25, 0.3) is 0 Å². The molecule has 1 heterocycles. The molecule has 1 aliphatic rings. The number of nitrogens with one attached hydrogen (secondary N) is 1. The summed E-state index contributed by atoms with van der Waals surface area (Å²) in [5.41, 5.74) is 1.12. The second-order valence-electron chi connectivity index (χ2n) is 3.96. The molecule has 1 aromatic rings. The summed E-state index contributed by atoms with van der Waals surface area (Å²) in [6, 6.07) is 7.99. The van der Waals surface area contributed by atoms with Gasteiger partial charge in [-0.2, -0.15) is 0 Å². The summed E-state index contributed by atoms with van der Waals surface area (Å²) in [6.45, 7) is 2.02. The number of rotatable bonds is 2. The Balaban J connectivity index is 0.00000128. The first-order chi connectivity index (χ1) is 7.27. The fraction of sp³-hybridized carbons (Fsp3) is 0.500. The Bertz CT molecular complexity index is 320. The Kier molecular flexibility index (Phi) is 5.06. The highest BCUT2D eigenvalue weighted by Crippen LogP contribution is 2.34. The van der Waals surface area contributed by atoms with Crippen molar-refractivity contribution in [2.24, 2.45) is 0 Å². The van der Waals surface area contributed by atoms with E-state index in [1.807, 2.05) is 12.1 Å². The predicted octanol–water partition coefficient (Wildman–Crippen LogP) is 2.99. The van der Waals surface area contributed by atoms with Gasteiger partial charge < -0.3 is 10.1 Å². The van der Waals surface area contributed by atoms with Crippen LogP contribution in [0.3, 0.4) is 0 Å². The zero-order chi connectivity index (χ0) is 10.7. The van der Waals surface area contributed by atoms with E-state index >= 15 is 0 Å². The number of hydrogen-bond donors (Lipinski definition) is 1. The Labute approximate surface area is 108 Å². The van der Waals surface area contributed by atoms with Crippen LogP contribution in [0.2, 0.25) is 5.02 Å². The lowest BCUT2D eigenvalue weighted by molar-refractivity contribution is -0.0391. The average molecular weight is 262 g/mol. The van der Waals surface area contributed by atoms with E-state index < -0.39 is 0 Å². The highest BCUT2D eigenvalue weighted by atomic mass is 35.5. The largest absolute Gasteiger partial charge is 0.373 e. The van der Waals surface area contributed by atoms with Crippen molar-refractivity contribution in [1.82, 2.24) is 5.32 Å². The third kappa shape index (κ3) is 2.69. The number of benzene rings is 1. The van der Waals surface area contributed by atoms with Crippen molar-refractivity contribution in [3.8, 4) is 0 Å². The molecule has 0 unspecified atom stereocenters. The second-order valence-corrected chi connectivity index (χ2v) is 4.39. The molecule has 0 radical (unpaired) electrons. The minimum absolute atomic E-state index is 0. The first kappa shape index (κ1) is 13.8. The van der Waals surface area contributed by atoms with Crippen LogP contribution >= 0.6 is 24.0 Å². The quantitative estimate of drug-likeness (QED) is 0.884. The molecule has 1 fully saturated rings. The lowest BCUT2D eigenvalue weighted by Gasteiger charge is -2.36. The van der Waals surface area contributed by atoms with E-state index in [9.17, 15) is 0 Å². The van der Waals surface area contributed by atoms with Gasteiger partial charge in [0.25, 0.3) is 0 Å². The Morgan fingerprint density at radius 3 is 2.25 bits per heavy atom. The SMILES string of the molecule is COC1(c2ccc(Cl)cc2)CCNCC1.Cl. The maximum atomic E-state index is 5.89. The maximum absolute atomic E-state index is 5.89. The summed E-state index contributed by atoms with van der Waals surface area (Å²) in [5.74, 6) is 0. The van der Waals surface area contributed by atoms with Crippen molar-refractivity contribution in [3.63, 3.8) is 0 Å². The van der Waals surface area contributed by atoms with Crippen molar-refractivity contribution < 1.29 is 4.74 Å². The summed E-state index contributed by atoms with van der Waals surface area (Å²) < 4.78 is 5.72. The van der Waals surface area contributed by atoms with E-state index in [4.69, 9.17) is 16.3 Å². The second kappa shape index (κ2) is 5.87. The Hall–Kier alpha value is -0.280. The fourth-order valence-corrected chi connectivity index (χ4v) is 2.32. The van der Waals surface area contributed by atoms with E-state index in [-0.39, 0.29) is 18.0 Å². The summed E-state index contributed by atoms with van der Waals surface area (Å²) in [4.78, 5) is 0. The van der Waals surface area contributed by atoms with E-state index in [0.29, 0.717) is 0 Å². The molecule has 0 atom stereocenters. The van der Waals surface area contributed by atoms with Crippen LogP contribution in [0.5, 0.6) is 0 Å². The van der Waals surface area contributed by atoms with Crippen molar-refractivity contribution in [1.29, 1.82) is 0 Å². The summed E-state index contributed by atoms with van der Waals surface area (Å²) >= 11 is 5.89. The smallest absolute Gasteiger partial charge is 0.0951 e. The van der Waals surface area contributed by atoms with Gasteiger partial charge in [-0.05, 0) is 43.6 Å². The molecule has 4 heteroatoms. The minimum atomic E-state index is -0.115. The van der Waals surface area contributed by atoms with Crippen LogP contribution < -0.4 is 5.32 Å². The van der Waals surface area contributed by atoms with Gasteiger partial charge in [-0.3, -0.25) is 0 Å². The molecule has 1 N–H and O–H groups in total. The third-order valence-electron chi connectivity index (χ3n) is 3.17. The van der Waals surface area contributed by atoms with Crippen molar-refractivity contribution in [3.05, 3.63) is 34.9 Å². The van der Waals surface area contributed by atoms with E-state index in [0.717, 1.165) is 31.0 Å². The molecule has 0 amide bonds. The number of halogens is 2. The molecule has 16 heavy (non-hydrogen) atoms. The third-order valence-corrected chi connectivity index (χ3v) is 3.42. The molecule has 1 aromatic carbocycles. The molecule has 2 nitrogen and oxygen atoms in total. The van der Waals surface area contributed by atoms with Gasteiger partial charge in [0.2, 0.25) is 0 Å². The number of hydrogen-bond acceptors (Lipinski definition) is 2. The normalized spacial score (nSPS) is 18.9. The predicted molar refractivity (Wildman–Crippen MR) is 69.5 cm³/mol. The molecule has 0 spiro atoms. The molecule has 1 saturated heterocycles. The molecular formula is C12H17Cl2NO. The van der Waals surface area contributed by atoms with E-state index in [2.05, 4.69) is 17.4 Å². The Morgan fingerprint density at radius 1 is 1.19 bits per heavy atom. The van der Waals surface area contributed by atoms with Crippen LogP contribution in [-0.2, 0) is 10.3 Å². The number of methoxy groups -OCH3 is 1. The first-order valence-corrected chi connectivity index (χ1v) is 5.66. The number of piperidine rings is 1. The van der Waals surface area contributed by atoms with Crippen LogP contribution in [0, 0.1) is 0 Å². The molecule has 0 aromatic heterocycles. The highest BCUT2D eigenvalue weighted by Gasteiger charge is 2.33. The van der Waals surface area contributed by atoms with Gasteiger partial charge in [0.05, 0.1) is 5.60 Å². The van der Waals surface area contributed by atoms with Gasteiger partial charge in [0.15, 0.2) is 0 Å². The van der Waals surface area contributed by atoms with Gasteiger partial charge in [-0.15, -0.1) is 12.4 Å². The maximum Gasteiger partial charge on any atom is 0.0951 e. The lowest BCUT2D eigenvalue weighted by Crippen LogP contribution is -2.41. The molecule has 0 bridgehead atoms. The van der Waals surface area contributed by atoms with Gasteiger partial charge >= 0.3 is 0 Å². The van der Waals surface area contributed by atoms with E-state index in [1.54, 1.807) is 7.11 Å². The van der Waals surface area contributed by atoms with Gasteiger partial charge in [0.1, 0.15) is 0 Å². The zero-order valence-corrected chi connectivity index (χ0v) is 10.9. The van der Waals surface area contributed by atoms with Crippen molar-refractivity contribution in [2.45, 2.75) is 18.4 Å². The first-order valence-electron chi connectivity index (χ1n) is 5.29. The van der Waals surface area contributed by atoms with Gasteiger partial charge in [-0.25, -0.2) is 0 Å². The van der Waals surface area contributed by atoms with Crippen LogP contribution in [0.1, 0.15) is 18.4 Å². The van der Waals surface area contributed by atoms with Crippen LogP contribution in [-0.4, -0.2) is 20.2 Å². The summed E-state index contributed by atoms with van der Waals surface area (Å²) in [5, 5.41) is 4.13. The standard InChI is InChI=1S/C12H16ClNO.ClH/c1-15-12(6-8-14-9-7-12)10-2-4-11(13)5-3-10;/h2-5,14H,6-9H2,1H3;1H. The molecular weight excluding hydrogens is 245 g/mol. The zero-order valence-electron chi connectivity index (χ0n) is 9.33. The molecule has 90 valence electrons. The van der Waals surface area contributed by atoms with Crippen LogP contribution in [0.4, 0.5) is 0 Å². The van der Waals surface area contributed by atoms with Crippen LogP contribution in [0.15, 0.2) is 24.3 Å². The average Bonchev–Trinajstić information content (AvgIpc) is 2.31. The van der Waals surface area contributed by atoms with Crippen molar-refractivity contribution in [2.75, 3.05) is 20.2 Å². The highest BCUT2D eigenvalue weighted by molar-refractivity contribution is 6.30. The van der Waals surface area contributed by atoms with Gasteiger partial charge in [0, 0.05) is 12.1 Å². The fourth-order valence-electron chi connectivity index (χ4n) is 2.19. The molecule has 2 rings (SSSR count). The molecule has 0 aliphatic carbocycles. The molecule has 0 saturated carbocycles. The monoisotopic (exact) mass is 261 g/mol. The van der Waals surface area contributed by atoms with Gasteiger partial charge in [-0.1, -0.05) is 23.7 Å². The summed E-state index contributed by atoms with van der Waals surface area (Å²) in [6.07, 6.45) is 2.04. The molecule has 1 aliphatic heterocycles. The lowest BCUT2D eigenvalue weighted by atomic mass is 9.85.